The maximum atomic E-state index is 5.95. The summed E-state index contributed by atoms with van der Waals surface area (Å²) < 4.78 is 11.3. The second-order valence-electron chi connectivity index (χ2n) is 7.64. The third-order valence-corrected chi connectivity index (χ3v) is 5.70. The Bertz CT molecular complexity index is 915. The summed E-state index contributed by atoms with van der Waals surface area (Å²) in [7, 11) is 3.82. The predicted molar refractivity (Wildman–Crippen MR) is 112 cm³/mol. The first kappa shape index (κ1) is 18.8. The van der Waals surface area contributed by atoms with Gasteiger partial charge in [0.1, 0.15) is 12.3 Å². The summed E-state index contributed by atoms with van der Waals surface area (Å²) in [6.07, 6.45) is 7.08. The Morgan fingerprint density at radius 3 is 2.68 bits per heavy atom. The van der Waals surface area contributed by atoms with E-state index < -0.39 is 0 Å². The van der Waals surface area contributed by atoms with Crippen LogP contribution in [0.3, 0.4) is 0 Å². The van der Waals surface area contributed by atoms with Crippen molar-refractivity contribution in [1.82, 2.24) is 14.9 Å². The monoisotopic (exact) mass is 379 g/mol. The van der Waals surface area contributed by atoms with Crippen molar-refractivity contribution in [2.45, 2.75) is 38.1 Å². The van der Waals surface area contributed by atoms with Gasteiger partial charge in [-0.05, 0) is 55.6 Å². The molecule has 2 heterocycles. The summed E-state index contributed by atoms with van der Waals surface area (Å²) in [5, 5.41) is 1.25. The van der Waals surface area contributed by atoms with E-state index in [1.54, 1.807) is 7.11 Å². The molecule has 0 aliphatic heterocycles. The molecule has 28 heavy (non-hydrogen) atoms. The first-order valence-corrected chi connectivity index (χ1v) is 10.2. The van der Waals surface area contributed by atoms with Crippen molar-refractivity contribution >= 4 is 11.0 Å². The van der Waals surface area contributed by atoms with E-state index in [9.17, 15) is 0 Å². The summed E-state index contributed by atoms with van der Waals surface area (Å²) in [5.74, 6) is 2.21. The Kier molecular flexibility index (Phi) is 5.81. The van der Waals surface area contributed by atoms with Crippen molar-refractivity contribution in [3.05, 3.63) is 53.9 Å². The lowest BCUT2D eigenvalue weighted by atomic mass is 9.99. The average Bonchev–Trinajstić information content (AvgIpc) is 3.37. The van der Waals surface area contributed by atoms with E-state index in [4.69, 9.17) is 9.47 Å². The van der Waals surface area contributed by atoms with Crippen LogP contribution in [0.2, 0.25) is 0 Å². The van der Waals surface area contributed by atoms with Gasteiger partial charge < -0.3 is 14.5 Å². The molecular weight excluding hydrogens is 350 g/mol. The normalized spacial score (nSPS) is 14.8. The third-order valence-electron chi connectivity index (χ3n) is 5.70. The second-order valence-corrected chi connectivity index (χ2v) is 7.64. The largest absolute Gasteiger partial charge is 0.493 e. The molecule has 4 rings (SSSR count). The summed E-state index contributed by atoms with van der Waals surface area (Å²) in [5.41, 5.74) is 3.80. The number of fused-ring (bicyclic) bond motifs is 1. The van der Waals surface area contributed by atoms with Crippen molar-refractivity contribution in [2.75, 3.05) is 27.3 Å². The summed E-state index contributed by atoms with van der Waals surface area (Å²) in [4.78, 5) is 10.5. The van der Waals surface area contributed by atoms with Crippen LogP contribution in [0.1, 0.15) is 42.9 Å². The number of hydrogen-bond donors (Lipinski definition) is 1. The molecule has 0 saturated heterocycles. The number of aromatic amines is 1. The molecule has 148 valence electrons. The van der Waals surface area contributed by atoms with Crippen LogP contribution in [0.4, 0.5) is 0 Å². The topological polar surface area (TPSA) is 50.4 Å². The van der Waals surface area contributed by atoms with Gasteiger partial charge in [0, 0.05) is 30.4 Å². The second kappa shape index (κ2) is 8.65. The number of pyridine rings is 1. The fourth-order valence-corrected chi connectivity index (χ4v) is 4.23. The van der Waals surface area contributed by atoms with E-state index in [1.807, 2.05) is 36.5 Å². The number of methoxy groups -OCH3 is 1. The van der Waals surface area contributed by atoms with Crippen LogP contribution in [0.15, 0.2) is 42.6 Å². The van der Waals surface area contributed by atoms with Crippen LogP contribution in [0, 0.1) is 0 Å². The smallest absolute Gasteiger partial charge is 0.161 e. The van der Waals surface area contributed by atoms with Crippen molar-refractivity contribution in [2.24, 2.45) is 0 Å². The van der Waals surface area contributed by atoms with E-state index >= 15 is 0 Å². The highest BCUT2D eigenvalue weighted by Crippen LogP contribution is 2.38. The molecule has 0 unspecified atom stereocenters. The standard InChI is InChI=1S/C23H29N3O2/c1-26(14-15-28-21-12-6-5-11-20(21)27-2)16-19-18-10-7-13-24-23(18)25-22(19)17-8-3-4-9-17/h5-7,10-13,17H,3-4,8-9,14-16H2,1-2H3,(H,24,25). The lowest BCUT2D eigenvalue weighted by molar-refractivity contribution is 0.226. The Morgan fingerprint density at radius 1 is 1.11 bits per heavy atom. The SMILES string of the molecule is COc1ccccc1OCCN(C)Cc1c(C2CCCC2)[nH]c2ncccc12. The number of hydrogen-bond acceptors (Lipinski definition) is 4. The highest BCUT2D eigenvalue weighted by atomic mass is 16.5. The number of nitrogens with one attached hydrogen (secondary N) is 1. The molecule has 1 N–H and O–H groups in total. The molecule has 0 atom stereocenters. The average molecular weight is 380 g/mol. The molecule has 0 spiro atoms. The molecule has 1 aliphatic carbocycles. The number of aromatic nitrogens is 2. The summed E-state index contributed by atoms with van der Waals surface area (Å²) in [6.45, 7) is 2.36. The molecular formula is C23H29N3O2. The van der Waals surface area contributed by atoms with Gasteiger partial charge in [0.2, 0.25) is 0 Å². The molecule has 0 radical (unpaired) electrons. The van der Waals surface area contributed by atoms with Crippen molar-refractivity contribution in [3.63, 3.8) is 0 Å². The number of para-hydroxylation sites is 2. The number of likely N-dealkylation sites (N-methyl/N-ethyl adjacent to an activating group) is 1. The van der Waals surface area contributed by atoms with Gasteiger partial charge >= 0.3 is 0 Å². The number of ether oxygens (including phenoxy) is 2. The van der Waals surface area contributed by atoms with Gasteiger partial charge in [-0.1, -0.05) is 25.0 Å². The Hall–Kier alpha value is -2.53. The number of nitrogens with zero attached hydrogens (tertiary/aromatic N) is 2. The van der Waals surface area contributed by atoms with Crippen LogP contribution in [-0.2, 0) is 6.54 Å². The number of H-pyrrole nitrogens is 1. The van der Waals surface area contributed by atoms with E-state index in [0.29, 0.717) is 12.5 Å². The fourth-order valence-electron chi connectivity index (χ4n) is 4.23. The maximum absolute atomic E-state index is 5.95. The van der Waals surface area contributed by atoms with Crippen molar-refractivity contribution < 1.29 is 9.47 Å². The highest BCUT2D eigenvalue weighted by Gasteiger charge is 2.24. The Balaban J connectivity index is 1.44. The molecule has 5 nitrogen and oxygen atoms in total. The Morgan fingerprint density at radius 2 is 1.89 bits per heavy atom. The van der Waals surface area contributed by atoms with Gasteiger partial charge in [0.05, 0.1) is 7.11 Å². The lowest BCUT2D eigenvalue weighted by Crippen LogP contribution is -2.24. The molecule has 0 bridgehead atoms. The molecule has 5 heteroatoms. The van der Waals surface area contributed by atoms with Gasteiger partial charge in [0.15, 0.2) is 11.5 Å². The highest BCUT2D eigenvalue weighted by molar-refractivity contribution is 5.81. The van der Waals surface area contributed by atoms with Gasteiger partial charge in [-0.25, -0.2) is 4.98 Å². The Labute approximate surface area is 166 Å². The number of benzene rings is 1. The zero-order valence-corrected chi connectivity index (χ0v) is 16.8. The molecule has 0 amide bonds. The number of rotatable bonds is 8. The third kappa shape index (κ3) is 3.99. The van der Waals surface area contributed by atoms with Gasteiger partial charge in [-0.2, -0.15) is 0 Å². The molecule has 1 saturated carbocycles. The van der Waals surface area contributed by atoms with E-state index in [1.165, 1.54) is 42.3 Å². The van der Waals surface area contributed by atoms with Crippen LogP contribution in [-0.4, -0.2) is 42.2 Å². The summed E-state index contributed by atoms with van der Waals surface area (Å²) >= 11 is 0. The molecule has 1 fully saturated rings. The van der Waals surface area contributed by atoms with E-state index in [2.05, 4.69) is 28.0 Å². The van der Waals surface area contributed by atoms with Gasteiger partial charge in [-0.15, -0.1) is 0 Å². The lowest BCUT2D eigenvalue weighted by Gasteiger charge is -2.19. The zero-order chi connectivity index (χ0) is 19.3. The van der Waals surface area contributed by atoms with Gasteiger partial charge in [0.25, 0.3) is 0 Å². The first-order chi connectivity index (χ1) is 13.8. The van der Waals surface area contributed by atoms with Crippen molar-refractivity contribution in [1.29, 1.82) is 0 Å². The molecule has 1 aromatic carbocycles. The van der Waals surface area contributed by atoms with E-state index in [0.717, 1.165) is 30.2 Å². The molecule has 3 aromatic rings. The fraction of sp³-hybridized carbons (Fsp3) is 0.435. The van der Waals surface area contributed by atoms with E-state index in [-0.39, 0.29) is 0 Å². The van der Waals surface area contributed by atoms with Crippen LogP contribution >= 0.6 is 0 Å². The van der Waals surface area contributed by atoms with Crippen LogP contribution < -0.4 is 9.47 Å². The molecule has 2 aromatic heterocycles. The zero-order valence-electron chi connectivity index (χ0n) is 16.8. The van der Waals surface area contributed by atoms with Crippen molar-refractivity contribution in [3.8, 4) is 11.5 Å². The maximum Gasteiger partial charge on any atom is 0.161 e. The minimum absolute atomic E-state index is 0.621. The summed E-state index contributed by atoms with van der Waals surface area (Å²) in [6, 6.07) is 12.0. The minimum atomic E-state index is 0.621. The van der Waals surface area contributed by atoms with Crippen LogP contribution in [0.25, 0.3) is 11.0 Å². The predicted octanol–water partition coefficient (Wildman–Crippen LogP) is 4.74. The van der Waals surface area contributed by atoms with Crippen LogP contribution in [0.5, 0.6) is 11.5 Å². The van der Waals surface area contributed by atoms with Gasteiger partial charge in [-0.3, -0.25) is 4.90 Å². The quantitative estimate of drug-likeness (QED) is 0.614. The first-order valence-electron chi connectivity index (χ1n) is 10.2. The minimum Gasteiger partial charge on any atom is -0.493 e. The molecule has 1 aliphatic rings.